The third-order valence-corrected chi connectivity index (χ3v) is 3.29. The molecule has 1 aromatic heterocycles. The van der Waals surface area contributed by atoms with Crippen molar-refractivity contribution in [2.75, 3.05) is 14.1 Å². The standard InChI is InChI=1S/C17H16F3N3O2/c1-11-10-23(13-6-4-5-12(9-13)17(18,19)20)21-15(16(11)25)14(24)7-8-22(2)3/h4-10H,1-3H3. The van der Waals surface area contributed by atoms with Gasteiger partial charge in [0.15, 0.2) is 5.69 Å². The van der Waals surface area contributed by atoms with E-state index in [0.717, 1.165) is 16.8 Å². The molecular formula is C17H16F3N3O2. The number of benzene rings is 1. The highest BCUT2D eigenvalue weighted by atomic mass is 19.4. The SMILES string of the molecule is Cc1cn(-c2cccc(C(F)(F)F)c2)nc(C(=O)C=CN(C)C)c1=O. The molecule has 0 unspecified atom stereocenters. The summed E-state index contributed by atoms with van der Waals surface area (Å²) in [6, 6.07) is 4.49. The van der Waals surface area contributed by atoms with E-state index in [-0.39, 0.29) is 16.9 Å². The summed E-state index contributed by atoms with van der Waals surface area (Å²) in [5.74, 6) is -0.622. The minimum atomic E-state index is -4.50. The van der Waals surface area contributed by atoms with Gasteiger partial charge in [-0.25, -0.2) is 4.68 Å². The smallest absolute Gasteiger partial charge is 0.383 e. The molecule has 1 heterocycles. The maximum Gasteiger partial charge on any atom is 0.416 e. The van der Waals surface area contributed by atoms with Crippen molar-refractivity contribution in [3.8, 4) is 5.69 Å². The molecule has 0 spiro atoms. The van der Waals surface area contributed by atoms with Crippen LogP contribution in [0.4, 0.5) is 13.2 Å². The summed E-state index contributed by atoms with van der Waals surface area (Å²) in [4.78, 5) is 25.9. The molecule has 0 aliphatic rings. The first-order chi connectivity index (χ1) is 11.6. The van der Waals surface area contributed by atoms with Crippen LogP contribution in [0.2, 0.25) is 0 Å². The lowest BCUT2D eigenvalue weighted by Crippen LogP contribution is -2.23. The van der Waals surface area contributed by atoms with E-state index >= 15 is 0 Å². The minimum absolute atomic E-state index is 0.101. The largest absolute Gasteiger partial charge is 0.416 e. The maximum atomic E-state index is 12.9. The van der Waals surface area contributed by atoms with E-state index in [2.05, 4.69) is 5.10 Å². The van der Waals surface area contributed by atoms with Crippen LogP contribution in [0.25, 0.3) is 5.69 Å². The van der Waals surface area contributed by atoms with Crippen molar-refractivity contribution in [3.63, 3.8) is 0 Å². The molecule has 2 rings (SSSR count). The third-order valence-electron chi connectivity index (χ3n) is 3.29. The van der Waals surface area contributed by atoms with Crippen LogP contribution >= 0.6 is 0 Å². The fourth-order valence-electron chi connectivity index (χ4n) is 2.02. The van der Waals surface area contributed by atoms with Gasteiger partial charge in [-0.2, -0.15) is 18.3 Å². The molecule has 132 valence electrons. The molecule has 5 nitrogen and oxygen atoms in total. The van der Waals surface area contributed by atoms with E-state index in [1.807, 2.05) is 0 Å². The Bertz CT molecular complexity index is 883. The van der Waals surface area contributed by atoms with Crippen molar-refractivity contribution >= 4 is 5.78 Å². The first kappa shape index (κ1) is 18.4. The highest BCUT2D eigenvalue weighted by Crippen LogP contribution is 2.30. The number of aromatic nitrogens is 2. The van der Waals surface area contributed by atoms with E-state index < -0.39 is 23.0 Å². The Kier molecular flexibility index (Phi) is 5.10. The number of hydrogen-bond donors (Lipinski definition) is 0. The lowest BCUT2D eigenvalue weighted by Gasteiger charge is -2.11. The zero-order chi connectivity index (χ0) is 18.8. The monoisotopic (exact) mass is 351 g/mol. The molecule has 0 N–H and O–H groups in total. The number of carbonyl (C=O) groups is 1. The summed E-state index contributed by atoms with van der Waals surface area (Å²) in [6.07, 6.45) is -0.568. The Morgan fingerprint density at radius 1 is 1.28 bits per heavy atom. The van der Waals surface area contributed by atoms with Crippen molar-refractivity contribution in [2.24, 2.45) is 0 Å². The summed E-state index contributed by atoms with van der Waals surface area (Å²) in [7, 11) is 3.41. The molecule has 0 atom stereocenters. The van der Waals surface area contributed by atoms with E-state index in [4.69, 9.17) is 0 Å². The average molecular weight is 351 g/mol. The van der Waals surface area contributed by atoms with Gasteiger partial charge in [-0.05, 0) is 25.1 Å². The topological polar surface area (TPSA) is 55.2 Å². The Hall–Kier alpha value is -2.90. The molecule has 0 radical (unpaired) electrons. The molecular weight excluding hydrogens is 335 g/mol. The van der Waals surface area contributed by atoms with Gasteiger partial charge in [0.2, 0.25) is 11.2 Å². The van der Waals surface area contributed by atoms with Crippen molar-refractivity contribution in [2.45, 2.75) is 13.1 Å². The van der Waals surface area contributed by atoms with E-state index in [9.17, 15) is 22.8 Å². The number of allylic oxidation sites excluding steroid dienone is 1. The number of carbonyl (C=O) groups excluding carboxylic acids is 1. The van der Waals surface area contributed by atoms with Crippen molar-refractivity contribution in [1.82, 2.24) is 14.7 Å². The van der Waals surface area contributed by atoms with Crippen LogP contribution < -0.4 is 5.43 Å². The number of alkyl halides is 3. The summed E-state index contributed by atoms with van der Waals surface area (Å²) >= 11 is 0. The van der Waals surface area contributed by atoms with Gasteiger partial charge in [-0.1, -0.05) is 6.07 Å². The molecule has 0 amide bonds. The molecule has 0 aliphatic carbocycles. The zero-order valence-corrected chi connectivity index (χ0v) is 13.8. The predicted octanol–water partition coefficient (Wildman–Crippen LogP) is 2.82. The summed E-state index contributed by atoms with van der Waals surface area (Å²) in [5, 5.41) is 3.92. The molecule has 0 aliphatic heterocycles. The highest BCUT2D eigenvalue weighted by molar-refractivity contribution is 6.02. The Labute approximate surface area is 142 Å². The lowest BCUT2D eigenvalue weighted by atomic mass is 10.2. The van der Waals surface area contributed by atoms with Crippen molar-refractivity contribution < 1.29 is 18.0 Å². The Balaban J connectivity index is 2.54. The molecule has 0 saturated carbocycles. The molecule has 0 fully saturated rings. The van der Waals surface area contributed by atoms with Crippen LogP contribution in [0.3, 0.4) is 0 Å². The minimum Gasteiger partial charge on any atom is -0.383 e. The van der Waals surface area contributed by atoms with E-state index in [0.29, 0.717) is 0 Å². The molecule has 0 saturated heterocycles. The second-order valence-corrected chi connectivity index (χ2v) is 5.63. The Morgan fingerprint density at radius 3 is 2.56 bits per heavy atom. The number of ketones is 1. The molecule has 8 heteroatoms. The van der Waals surface area contributed by atoms with Crippen LogP contribution in [0, 0.1) is 6.92 Å². The number of rotatable bonds is 4. The van der Waals surface area contributed by atoms with Gasteiger partial charge in [0.05, 0.1) is 11.3 Å². The number of aryl methyl sites for hydroxylation is 1. The fraction of sp³-hybridized carbons (Fsp3) is 0.235. The average Bonchev–Trinajstić information content (AvgIpc) is 2.54. The number of halogens is 3. The summed E-state index contributed by atoms with van der Waals surface area (Å²) < 4.78 is 39.7. The van der Waals surface area contributed by atoms with Gasteiger partial charge < -0.3 is 4.90 Å². The van der Waals surface area contributed by atoms with Crippen LogP contribution in [0.5, 0.6) is 0 Å². The van der Waals surface area contributed by atoms with E-state index in [1.54, 1.807) is 19.0 Å². The second-order valence-electron chi connectivity index (χ2n) is 5.63. The third kappa shape index (κ3) is 4.34. The van der Waals surface area contributed by atoms with Crippen LogP contribution in [-0.4, -0.2) is 34.6 Å². The quantitative estimate of drug-likeness (QED) is 0.628. The van der Waals surface area contributed by atoms with Crippen LogP contribution in [0.15, 0.2) is 47.5 Å². The van der Waals surface area contributed by atoms with Gasteiger partial charge in [0.1, 0.15) is 0 Å². The molecule has 1 aromatic carbocycles. The summed E-state index contributed by atoms with van der Waals surface area (Å²) in [5.41, 5.74) is -1.45. The van der Waals surface area contributed by atoms with Crippen molar-refractivity contribution in [3.05, 3.63) is 69.8 Å². The van der Waals surface area contributed by atoms with Gasteiger partial charge >= 0.3 is 6.18 Å². The highest BCUT2D eigenvalue weighted by Gasteiger charge is 2.30. The second kappa shape index (κ2) is 6.92. The van der Waals surface area contributed by atoms with Gasteiger partial charge in [0, 0.05) is 38.1 Å². The number of hydrogen-bond acceptors (Lipinski definition) is 4. The van der Waals surface area contributed by atoms with Gasteiger partial charge in [-0.3, -0.25) is 9.59 Å². The molecule has 0 bridgehead atoms. The summed E-state index contributed by atoms with van der Waals surface area (Å²) in [6.45, 7) is 1.47. The van der Waals surface area contributed by atoms with Gasteiger partial charge in [-0.15, -0.1) is 0 Å². The molecule has 25 heavy (non-hydrogen) atoms. The Morgan fingerprint density at radius 2 is 1.96 bits per heavy atom. The van der Waals surface area contributed by atoms with Crippen LogP contribution in [-0.2, 0) is 6.18 Å². The molecule has 2 aromatic rings. The zero-order valence-electron chi connectivity index (χ0n) is 13.8. The first-order valence-electron chi connectivity index (χ1n) is 7.27. The first-order valence-corrected chi connectivity index (χ1v) is 7.27. The normalized spacial score (nSPS) is 11.8. The predicted molar refractivity (Wildman–Crippen MR) is 86.7 cm³/mol. The van der Waals surface area contributed by atoms with E-state index in [1.165, 1.54) is 37.5 Å². The number of nitrogens with zero attached hydrogens (tertiary/aromatic N) is 3. The lowest BCUT2D eigenvalue weighted by molar-refractivity contribution is -0.137. The maximum absolute atomic E-state index is 12.9. The van der Waals surface area contributed by atoms with Crippen molar-refractivity contribution in [1.29, 1.82) is 0 Å². The fourth-order valence-corrected chi connectivity index (χ4v) is 2.02. The van der Waals surface area contributed by atoms with Gasteiger partial charge in [0.25, 0.3) is 0 Å². The van der Waals surface area contributed by atoms with Crippen LogP contribution in [0.1, 0.15) is 21.6 Å².